The number of nitrogens with one attached hydrogen (secondary N) is 1. The third-order valence-electron chi connectivity index (χ3n) is 3.98. The average molecular weight is 356 g/mol. The van der Waals surface area contributed by atoms with Crippen molar-refractivity contribution in [1.82, 2.24) is 4.90 Å². The number of halogens is 1. The molecule has 3 N–H and O–H groups in total. The molecule has 0 bridgehead atoms. The van der Waals surface area contributed by atoms with E-state index >= 15 is 0 Å². The maximum Gasteiger partial charge on any atom is 0.254 e. The van der Waals surface area contributed by atoms with Crippen molar-refractivity contribution in [2.24, 2.45) is 5.73 Å². The number of aryl methyl sites for hydroxylation is 1. The van der Waals surface area contributed by atoms with Gasteiger partial charge in [-0.3, -0.25) is 9.59 Å². The van der Waals surface area contributed by atoms with Crippen LogP contribution in [0.15, 0.2) is 18.2 Å². The monoisotopic (exact) mass is 355 g/mol. The molecule has 1 aliphatic heterocycles. The Morgan fingerprint density at radius 3 is 2.62 bits per heavy atom. The molecule has 2 rings (SSSR count). The topological polar surface area (TPSA) is 84.7 Å². The molecule has 1 heterocycles. The third kappa shape index (κ3) is 5.19. The molecular weight excluding hydrogens is 330 g/mol. The lowest BCUT2D eigenvalue weighted by Crippen LogP contribution is -2.40. The second kappa shape index (κ2) is 9.61. The van der Waals surface area contributed by atoms with Gasteiger partial charge in [0.2, 0.25) is 5.91 Å². The van der Waals surface area contributed by atoms with Crippen LogP contribution >= 0.6 is 12.4 Å². The van der Waals surface area contributed by atoms with Gasteiger partial charge in [0.05, 0.1) is 19.3 Å². The molecule has 1 saturated heterocycles. The molecule has 1 unspecified atom stereocenters. The van der Waals surface area contributed by atoms with Crippen LogP contribution in [-0.4, -0.2) is 49.1 Å². The van der Waals surface area contributed by atoms with Crippen LogP contribution in [0, 0.1) is 6.92 Å². The molecule has 134 valence electrons. The first-order chi connectivity index (χ1) is 11.0. The van der Waals surface area contributed by atoms with E-state index in [2.05, 4.69) is 5.32 Å². The SMILES string of the molecule is CCCC(N)C(=O)Nc1cc(C(=O)N2CCOCC2)ccc1C.Cl. The van der Waals surface area contributed by atoms with E-state index in [0.29, 0.717) is 44.0 Å². The summed E-state index contributed by atoms with van der Waals surface area (Å²) < 4.78 is 5.27. The largest absolute Gasteiger partial charge is 0.378 e. The number of benzene rings is 1. The Bertz CT molecular complexity index is 574. The number of rotatable bonds is 5. The predicted molar refractivity (Wildman–Crippen MR) is 96.7 cm³/mol. The van der Waals surface area contributed by atoms with Gasteiger partial charge in [0.1, 0.15) is 0 Å². The van der Waals surface area contributed by atoms with E-state index in [0.717, 1.165) is 12.0 Å². The number of amides is 2. The maximum absolute atomic E-state index is 12.5. The molecule has 1 fully saturated rings. The first-order valence-electron chi connectivity index (χ1n) is 8.07. The van der Waals surface area contributed by atoms with Crippen LogP contribution in [0.1, 0.15) is 35.7 Å². The van der Waals surface area contributed by atoms with Crippen molar-refractivity contribution in [3.63, 3.8) is 0 Å². The van der Waals surface area contributed by atoms with Gasteiger partial charge in [-0.1, -0.05) is 19.4 Å². The molecule has 2 amide bonds. The zero-order valence-corrected chi connectivity index (χ0v) is 15.0. The molecule has 0 aromatic heterocycles. The fourth-order valence-corrected chi connectivity index (χ4v) is 2.51. The second-order valence-corrected chi connectivity index (χ2v) is 5.82. The van der Waals surface area contributed by atoms with Gasteiger partial charge >= 0.3 is 0 Å². The summed E-state index contributed by atoms with van der Waals surface area (Å²) in [5, 5.41) is 2.83. The molecule has 0 aliphatic carbocycles. The van der Waals surface area contributed by atoms with Crippen LogP contribution in [0.25, 0.3) is 0 Å². The Hall–Kier alpha value is -1.63. The number of nitrogens with zero attached hydrogens (tertiary/aromatic N) is 1. The normalized spacial score (nSPS) is 15.4. The number of hydrogen-bond donors (Lipinski definition) is 2. The molecule has 1 aromatic rings. The van der Waals surface area contributed by atoms with Gasteiger partial charge in [0.15, 0.2) is 0 Å². The molecule has 24 heavy (non-hydrogen) atoms. The van der Waals surface area contributed by atoms with E-state index in [1.54, 1.807) is 17.0 Å². The standard InChI is InChI=1S/C17H25N3O3.ClH/c1-3-4-14(18)16(21)19-15-11-13(6-5-12(15)2)17(22)20-7-9-23-10-8-20;/h5-6,11,14H,3-4,7-10,18H2,1-2H3,(H,19,21);1H. The molecule has 1 atom stereocenters. The van der Waals surface area contributed by atoms with E-state index in [-0.39, 0.29) is 24.2 Å². The maximum atomic E-state index is 12.5. The van der Waals surface area contributed by atoms with Crippen molar-refractivity contribution >= 4 is 29.9 Å². The van der Waals surface area contributed by atoms with Crippen LogP contribution in [-0.2, 0) is 9.53 Å². The molecule has 0 saturated carbocycles. The molecule has 6 nitrogen and oxygen atoms in total. The number of nitrogens with two attached hydrogens (primary N) is 1. The second-order valence-electron chi connectivity index (χ2n) is 5.82. The Kier molecular flexibility index (Phi) is 8.18. The fourth-order valence-electron chi connectivity index (χ4n) is 2.51. The minimum absolute atomic E-state index is 0. The lowest BCUT2D eigenvalue weighted by Gasteiger charge is -2.27. The van der Waals surface area contributed by atoms with Crippen LogP contribution < -0.4 is 11.1 Å². The van der Waals surface area contributed by atoms with E-state index in [9.17, 15) is 9.59 Å². The van der Waals surface area contributed by atoms with Gasteiger partial charge in [0.25, 0.3) is 5.91 Å². The van der Waals surface area contributed by atoms with Crippen LogP contribution in [0.2, 0.25) is 0 Å². The van der Waals surface area contributed by atoms with Crippen molar-refractivity contribution < 1.29 is 14.3 Å². The van der Waals surface area contributed by atoms with Crippen LogP contribution in [0.3, 0.4) is 0 Å². The van der Waals surface area contributed by atoms with E-state index in [1.807, 2.05) is 19.9 Å². The summed E-state index contributed by atoms with van der Waals surface area (Å²) in [4.78, 5) is 26.4. The first kappa shape index (κ1) is 20.4. The highest BCUT2D eigenvalue weighted by atomic mass is 35.5. The minimum Gasteiger partial charge on any atom is -0.378 e. The highest BCUT2D eigenvalue weighted by molar-refractivity contribution is 5.99. The zero-order valence-electron chi connectivity index (χ0n) is 14.2. The summed E-state index contributed by atoms with van der Waals surface area (Å²) >= 11 is 0. The van der Waals surface area contributed by atoms with Gasteiger partial charge in [-0.05, 0) is 31.0 Å². The van der Waals surface area contributed by atoms with Gasteiger partial charge in [0, 0.05) is 24.3 Å². The smallest absolute Gasteiger partial charge is 0.254 e. The molecule has 1 aliphatic rings. The summed E-state index contributed by atoms with van der Waals surface area (Å²) in [5.41, 5.74) is 7.95. The highest BCUT2D eigenvalue weighted by Gasteiger charge is 2.20. The molecular formula is C17H26ClN3O3. The van der Waals surface area contributed by atoms with Crippen molar-refractivity contribution in [2.45, 2.75) is 32.7 Å². The first-order valence-corrected chi connectivity index (χ1v) is 8.07. The van der Waals surface area contributed by atoms with Crippen molar-refractivity contribution in [3.8, 4) is 0 Å². The Morgan fingerprint density at radius 2 is 2.00 bits per heavy atom. The van der Waals surface area contributed by atoms with Crippen LogP contribution in [0.5, 0.6) is 0 Å². The fraction of sp³-hybridized carbons (Fsp3) is 0.529. The van der Waals surface area contributed by atoms with Crippen molar-refractivity contribution in [2.75, 3.05) is 31.6 Å². The van der Waals surface area contributed by atoms with Gasteiger partial charge in [-0.15, -0.1) is 12.4 Å². The quantitative estimate of drug-likeness (QED) is 0.845. The Morgan fingerprint density at radius 1 is 1.33 bits per heavy atom. The number of ether oxygens (including phenoxy) is 1. The summed E-state index contributed by atoms with van der Waals surface area (Å²) in [5.74, 6) is -0.257. The van der Waals surface area contributed by atoms with Gasteiger partial charge < -0.3 is 20.7 Å². The third-order valence-corrected chi connectivity index (χ3v) is 3.98. The lowest BCUT2D eigenvalue weighted by atomic mass is 10.1. The van der Waals surface area contributed by atoms with E-state index in [4.69, 9.17) is 10.5 Å². The Balaban J connectivity index is 0.00000288. The molecule has 0 radical (unpaired) electrons. The molecule has 1 aromatic carbocycles. The van der Waals surface area contributed by atoms with E-state index < -0.39 is 6.04 Å². The summed E-state index contributed by atoms with van der Waals surface area (Å²) in [6, 6.07) is 4.82. The number of morpholine rings is 1. The molecule has 7 heteroatoms. The predicted octanol–water partition coefficient (Wildman–Crippen LogP) is 1.96. The Labute approximate surface area is 149 Å². The highest BCUT2D eigenvalue weighted by Crippen LogP contribution is 2.19. The minimum atomic E-state index is -0.530. The lowest BCUT2D eigenvalue weighted by molar-refractivity contribution is -0.117. The summed E-state index contributed by atoms with van der Waals surface area (Å²) in [7, 11) is 0. The van der Waals surface area contributed by atoms with Gasteiger partial charge in [-0.25, -0.2) is 0 Å². The van der Waals surface area contributed by atoms with Gasteiger partial charge in [-0.2, -0.15) is 0 Å². The summed E-state index contributed by atoms with van der Waals surface area (Å²) in [6.45, 7) is 6.19. The summed E-state index contributed by atoms with van der Waals surface area (Å²) in [6.07, 6.45) is 1.49. The number of hydrogen-bond acceptors (Lipinski definition) is 4. The van der Waals surface area contributed by atoms with E-state index in [1.165, 1.54) is 0 Å². The number of carbonyl (C=O) groups excluding carboxylic acids is 2. The molecule has 0 spiro atoms. The van der Waals surface area contributed by atoms with Crippen LogP contribution in [0.4, 0.5) is 5.69 Å². The van der Waals surface area contributed by atoms with Crippen molar-refractivity contribution in [1.29, 1.82) is 0 Å². The number of anilines is 1. The number of carbonyl (C=O) groups is 2. The van der Waals surface area contributed by atoms with Crippen molar-refractivity contribution in [3.05, 3.63) is 29.3 Å². The average Bonchev–Trinajstić information content (AvgIpc) is 2.57. The zero-order chi connectivity index (χ0) is 16.8.